The van der Waals surface area contributed by atoms with Gasteiger partial charge >= 0.3 is 0 Å². The van der Waals surface area contributed by atoms with E-state index in [0.717, 1.165) is 26.2 Å². The van der Waals surface area contributed by atoms with Crippen molar-refractivity contribution in [3.63, 3.8) is 0 Å². The van der Waals surface area contributed by atoms with Gasteiger partial charge in [0.15, 0.2) is 0 Å². The molecule has 16 heavy (non-hydrogen) atoms. The number of aryl methyl sites for hydroxylation is 1. The predicted octanol–water partition coefficient (Wildman–Crippen LogP) is 2.55. The zero-order chi connectivity index (χ0) is 11.5. The van der Waals surface area contributed by atoms with Crippen LogP contribution < -0.4 is 5.32 Å². The van der Waals surface area contributed by atoms with Crippen molar-refractivity contribution < 1.29 is 0 Å². The number of hydrogen-bond donors (Lipinski definition) is 1. The van der Waals surface area contributed by atoms with Crippen LogP contribution in [0.15, 0.2) is 22.7 Å². The Morgan fingerprint density at radius 3 is 3.00 bits per heavy atom. The van der Waals surface area contributed by atoms with E-state index < -0.39 is 0 Å². The molecule has 0 saturated carbocycles. The Morgan fingerprint density at radius 1 is 1.50 bits per heavy atom. The standard InChI is InChI=1S/C13H19BrN2/c1-10-7-13(14)4-3-12(10)9-16-6-5-15-8-11(16)2/h3-4,7,11,15H,5-6,8-9H2,1-2H3/t11-/m1/s1. The molecule has 3 heteroatoms. The van der Waals surface area contributed by atoms with Crippen molar-refractivity contribution in [1.29, 1.82) is 0 Å². The minimum Gasteiger partial charge on any atom is -0.314 e. The van der Waals surface area contributed by atoms with E-state index in [2.05, 4.69) is 58.2 Å². The minimum atomic E-state index is 0.636. The summed E-state index contributed by atoms with van der Waals surface area (Å²) >= 11 is 3.51. The Kier molecular flexibility index (Phi) is 4.00. The van der Waals surface area contributed by atoms with Crippen molar-refractivity contribution in [3.05, 3.63) is 33.8 Å². The largest absolute Gasteiger partial charge is 0.314 e. The normalized spacial score (nSPS) is 22.3. The summed E-state index contributed by atoms with van der Waals surface area (Å²) in [5, 5.41) is 3.42. The van der Waals surface area contributed by atoms with Crippen LogP contribution in [0.3, 0.4) is 0 Å². The van der Waals surface area contributed by atoms with Gasteiger partial charge in [-0.2, -0.15) is 0 Å². The summed E-state index contributed by atoms with van der Waals surface area (Å²) in [4.78, 5) is 2.55. The average Bonchev–Trinajstić information content (AvgIpc) is 2.25. The molecule has 1 aromatic carbocycles. The van der Waals surface area contributed by atoms with E-state index in [1.54, 1.807) is 0 Å². The molecular weight excluding hydrogens is 264 g/mol. The van der Waals surface area contributed by atoms with Gasteiger partial charge < -0.3 is 5.32 Å². The van der Waals surface area contributed by atoms with Crippen molar-refractivity contribution in [1.82, 2.24) is 10.2 Å². The summed E-state index contributed by atoms with van der Waals surface area (Å²) in [5.74, 6) is 0. The first kappa shape index (κ1) is 12.1. The number of nitrogens with zero attached hydrogens (tertiary/aromatic N) is 1. The molecule has 1 N–H and O–H groups in total. The first-order chi connectivity index (χ1) is 7.66. The molecule has 1 aromatic rings. The van der Waals surface area contributed by atoms with E-state index in [1.165, 1.54) is 15.6 Å². The Balaban J connectivity index is 2.07. The molecular formula is C13H19BrN2. The lowest BCUT2D eigenvalue weighted by Gasteiger charge is -2.34. The summed E-state index contributed by atoms with van der Waals surface area (Å²) in [6.07, 6.45) is 0. The van der Waals surface area contributed by atoms with Gasteiger partial charge in [0.2, 0.25) is 0 Å². The van der Waals surface area contributed by atoms with Crippen molar-refractivity contribution in [2.24, 2.45) is 0 Å². The lowest BCUT2D eigenvalue weighted by atomic mass is 10.1. The number of benzene rings is 1. The predicted molar refractivity (Wildman–Crippen MR) is 71.6 cm³/mol. The van der Waals surface area contributed by atoms with E-state index in [0.29, 0.717) is 6.04 Å². The lowest BCUT2D eigenvalue weighted by molar-refractivity contribution is 0.165. The van der Waals surface area contributed by atoms with Crippen LogP contribution >= 0.6 is 15.9 Å². The van der Waals surface area contributed by atoms with Crippen LogP contribution in [0.1, 0.15) is 18.1 Å². The molecule has 1 saturated heterocycles. The van der Waals surface area contributed by atoms with Gasteiger partial charge in [-0.3, -0.25) is 4.90 Å². The van der Waals surface area contributed by atoms with Crippen LogP contribution in [0.4, 0.5) is 0 Å². The molecule has 0 aromatic heterocycles. The van der Waals surface area contributed by atoms with E-state index >= 15 is 0 Å². The molecule has 0 bridgehead atoms. The second-order valence-electron chi connectivity index (χ2n) is 4.59. The maximum atomic E-state index is 3.51. The monoisotopic (exact) mass is 282 g/mol. The number of hydrogen-bond acceptors (Lipinski definition) is 2. The molecule has 0 unspecified atom stereocenters. The molecule has 0 aliphatic carbocycles. The summed E-state index contributed by atoms with van der Waals surface area (Å²) in [5.41, 5.74) is 2.82. The van der Waals surface area contributed by atoms with Gasteiger partial charge in [-0.25, -0.2) is 0 Å². The molecule has 1 atom stereocenters. The molecule has 0 amide bonds. The van der Waals surface area contributed by atoms with Gasteiger partial charge in [0, 0.05) is 36.7 Å². The highest BCUT2D eigenvalue weighted by molar-refractivity contribution is 9.10. The number of halogens is 1. The lowest BCUT2D eigenvalue weighted by Crippen LogP contribution is -2.49. The van der Waals surface area contributed by atoms with Gasteiger partial charge in [-0.15, -0.1) is 0 Å². The topological polar surface area (TPSA) is 15.3 Å². The van der Waals surface area contributed by atoms with E-state index in [9.17, 15) is 0 Å². The zero-order valence-electron chi connectivity index (χ0n) is 9.96. The zero-order valence-corrected chi connectivity index (χ0v) is 11.5. The quantitative estimate of drug-likeness (QED) is 0.897. The summed E-state index contributed by atoms with van der Waals surface area (Å²) in [6.45, 7) is 8.92. The van der Waals surface area contributed by atoms with Crippen molar-refractivity contribution in [2.45, 2.75) is 26.4 Å². The summed E-state index contributed by atoms with van der Waals surface area (Å²) < 4.78 is 1.17. The molecule has 0 spiro atoms. The fourth-order valence-electron chi connectivity index (χ4n) is 2.17. The first-order valence-electron chi connectivity index (χ1n) is 5.86. The second kappa shape index (κ2) is 5.30. The van der Waals surface area contributed by atoms with E-state index in [4.69, 9.17) is 0 Å². The van der Waals surface area contributed by atoms with E-state index in [1.807, 2.05) is 0 Å². The maximum absolute atomic E-state index is 3.51. The number of rotatable bonds is 2. The minimum absolute atomic E-state index is 0.636. The van der Waals surface area contributed by atoms with Crippen molar-refractivity contribution in [2.75, 3.05) is 19.6 Å². The van der Waals surface area contributed by atoms with Gasteiger partial charge in [0.25, 0.3) is 0 Å². The van der Waals surface area contributed by atoms with Gasteiger partial charge in [-0.05, 0) is 37.1 Å². The van der Waals surface area contributed by atoms with Crippen LogP contribution in [0.5, 0.6) is 0 Å². The molecule has 2 nitrogen and oxygen atoms in total. The molecule has 88 valence electrons. The van der Waals surface area contributed by atoms with Crippen LogP contribution in [0, 0.1) is 6.92 Å². The molecule has 1 aliphatic rings. The third-order valence-electron chi connectivity index (χ3n) is 3.32. The maximum Gasteiger partial charge on any atom is 0.0240 e. The molecule has 1 aliphatic heterocycles. The Bertz CT molecular complexity index is 365. The van der Waals surface area contributed by atoms with Gasteiger partial charge in [-0.1, -0.05) is 22.0 Å². The highest BCUT2D eigenvalue weighted by Gasteiger charge is 2.18. The fraction of sp³-hybridized carbons (Fsp3) is 0.538. The van der Waals surface area contributed by atoms with Gasteiger partial charge in [0.05, 0.1) is 0 Å². The van der Waals surface area contributed by atoms with Crippen LogP contribution in [0.2, 0.25) is 0 Å². The highest BCUT2D eigenvalue weighted by atomic mass is 79.9. The second-order valence-corrected chi connectivity index (χ2v) is 5.51. The number of nitrogens with one attached hydrogen (secondary N) is 1. The third kappa shape index (κ3) is 2.84. The Hall–Kier alpha value is -0.380. The average molecular weight is 283 g/mol. The smallest absolute Gasteiger partial charge is 0.0240 e. The highest BCUT2D eigenvalue weighted by Crippen LogP contribution is 2.18. The SMILES string of the molecule is Cc1cc(Br)ccc1CN1CCNC[C@H]1C. The van der Waals surface area contributed by atoms with Crippen molar-refractivity contribution >= 4 is 15.9 Å². The summed E-state index contributed by atoms with van der Waals surface area (Å²) in [7, 11) is 0. The van der Waals surface area contributed by atoms with E-state index in [-0.39, 0.29) is 0 Å². The Morgan fingerprint density at radius 2 is 2.31 bits per heavy atom. The molecule has 0 radical (unpaired) electrons. The van der Waals surface area contributed by atoms with Crippen LogP contribution in [-0.4, -0.2) is 30.6 Å². The molecule has 1 fully saturated rings. The summed E-state index contributed by atoms with van der Waals surface area (Å²) in [6, 6.07) is 7.20. The molecule has 2 rings (SSSR count). The van der Waals surface area contributed by atoms with Crippen molar-refractivity contribution in [3.8, 4) is 0 Å². The molecule has 1 heterocycles. The third-order valence-corrected chi connectivity index (χ3v) is 3.81. The Labute approximate surface area is 106 Å². The van der Waals surface area contributed by atoms with Crippen LogP contribution in [-0.2, 0) is 6.54 Å². The van der Waals surface area contributed by atoms with Gasteiger partial charge in [0.1, 0.15) is 0 Å². The van der Waals surface area contributed by atoms with Crippen LogP contribution in [0.25, 0.3) is 0 Å². The number of piperazine rings is 1. The first-order valence-corrected chi connectivity index (χ1v) is 6.66. The fourth-order valence-corrected chi connectivity index (χ4v) is 2.65.